The van der Waals surface area contributed by atoms with Crippen molar-refractivity contribution in [2.75, 3.05) is 5.32 Å². The Balaban J connectivity index is 1.36. The monoisotopic (exact) mass is 485 g/mol. The number of amides is 1. The number of halogens is 2. The fourth-order valence-corrected chi connectivity index (χ4v) is 3.24. The maximum Gasteiger partial charge on any atom is 0.291 e. The molecule has 4 aromatic rings. The molecule has 0 radical (unpaired) electrons. The molecule has 30 heavy (non-hydrogen) atoms. The van der Waals surface area contributed by atoms with Gasteiger partial charge in [-0.15, -0.1) is 0 Å². The van der Waals surface area contributed by atoms with Gasteiger partial charge in [0, 0.05) is 16.4 Å². The van der Waals surface area contributed by atoms with Crippen LogP contribution in [0.5, 0.6) is 5.75 Å². The summed E-state index contributed by atoms with van der Waals surface area (Å²) in [6.07, 6.45) is 3.33. The lowest BCUT2D eigenvalue weighted by atomic mass is 10.2. The number of nitrogens with one attached hydrogen (secondary N) is 1. The van der Waals surface area contributed by atoms with Gasteiger partial charge in [-0.25, -0.2) is 0 Å². The summed E-state index contributed by atoms with van der Waals surface area (Å²) in [4.78, 5) is 12.5. The molecule has 6 nitrogen and oxygen atoms in total. The first kappa shape index (κ1) is 20.3. The van der Waals surface area contributed by atoms with E-state index in [0.717, 1.165) is 15.8 Å². The highest BCUT2D eigenvalue weighted by Gasteiger charge is 2.12. The molecule has 0 aliphatic rings. The molecule has 152 valence electrons. The maximum atomic E-state index is 12.5. The summed E-state index contributed by atoms with van der Waals surface area (Å²) in [6, 6.07) is 18.4. The van der Waals surface area contributed by atoms with Gasteiger partial charge in [-0.1, -0.05) is 39.7 Å². The molecule has 4 rings (SSSR count). The zero-order chi connectivity index (χ0) is 20.9. The van der Waals surface area contributed by atoms with Gasteiger partial charge in [-0.2, -0.15) is 5.10 Å². The van der Waals surface area contributed by atoms with Crippen LogP contribution in [0.3, 0.4) is 0 Å². The zero-order valence-corrected chi connectivity index (χ0v) is 18.1. The summed E-state index contributed by atoms with van der Waals surface area (Å²) in [7, 11) is 0. The zero-order valence-electron chi connectivity index (χ0n) is 15.7. The number of nitrogens with zero attached hydrogens (tertiary/aromatic N) is 2. The first-order valence-corrected chi connectivity index (χ1v) is 10.3. The van der Waals surface area contributed by atoms with E-state index >= 15 is 0 Å². The third-order valence-corrected chi connectivity index (χ3v) is 4.94. The van der Waals surface area contributed by atoms with Crippen LogP contribution in [0.15, 0.2) is 81.9 Å². The Bertz CT molecular complexity index is 1150. The molecule has 0 aliphatic heterocycles. The van der Waals surface area contributed by atoms with E-state index in [9.17, 15) is 4.79 Å². The number of ether oxygens (including phenoxy) is 1. The molecule has 1 N–H and O–H groups in total. The minimum atomic E-state index is -0.329. The molecule has 0 saturated carbocycles. The molecule has 0 spiro atoms. The standard InChI is InChI=1S/C22H17BrClN3O3/c23-16-4-6-19(7-5-16)29-14-20-8-9-21(30-20)22(28)26-18-3-1-2-15(10-18)12-27-13-17(24)11-25-27/h1-11,13H,12,14H2,(H,26,28). The summed E-state index contributed by atoms with van der Waals surface area (Å²) >= 11 is 9.28. The molecule has 1 amide bonds. The van der Waals surface area contributed by atoms with Crippen molar-refractivity contribution in [3.8, 4) is 5.75 Å². The average Bonchev–Trinajstić information content (AvgIpc) is 3.37. The molecule has 0 unspecified atom stereocenters. The molecule has 0 saturated heterocycles. The van der Waals surface area contributed by atoms with E-state index in [1.807, 2.05) is 48.5 Å². The van der Waals surface area contributed by atoms with E-state index in [4.69, 9.17) is 20.8 Å². The van der Waals surface area contributed by atoms with Gasteiger partial charge < -0.3 is 14.5 Å². The number of hydrogen-bond donors (Lipinski definition) is 1. The third-order valence-electron chi connectivity index (χ3n) is 4.21. The molecule has 0 atom stereocenters. The predicted molar refractivity (Wildman–Crippen MR) is 118 cm³/mol. The molecule has 0 fully saturated rings. The largest absolute Gasteiger partial charge is 0.486 e. The van der Waals surface area contributed by atoms with Crippen LogP contribution in [0, 0.1) is 0 Å². The highest BCUT2D eigenvalue weighted by Crippen LogP contribution is 2.19. The SMILES string of the molecule is O=C(Nc1cccc(Cn2cc(Cl)cn2)c1)c1ccc(COc2ccc(Br)cc2)o1. The number of rotatable bonds is 7. The fourth-order valence-electron chi connectivity index (χ4n) is 2.81. The first-order chi connectivity index (χ1) is 14.5. The van der Waals surface area contributed by atoms with Crippen LogP contribution in [0.4, 0.5) is 5.69 Å². The van der Waals surface area contributed by atoms with Gasteiger partial charge >= 0.3 is 0 Å². The third kappa shape index (κ3) is 5.31. The lowest BCUT2D eigenvalue weighted by Crippen LogP contribution is -2.11. The van der Waals surface area contributed by atoms with E-state index in [2.05, 4.69) is 26.3 Å². The van der Waals surface area contributed by atoms with Gasteiger partial charge in [0.1, 0.15) is 18.1 Å². The fraction of sp³-hybridized carbons (Fsp3) is 0.0909. The van der Waals surface area contributed by atoms with Crippen molar-refractivity contribution in [3.63, 3.8) is 0 Å². The predicted octanol–water partition coefficient (Wildman–Crippen LogP) is 5.77. The van der Waals surface area contributed by atoms with Gasteiger partial charge in [0.15, 0.2) is 5.76 Å². The number of carbonyl (C=O) groups is 1. The Kier molecular flexibility index (Phi) is 6.21. The number of benzene rings is 2. The Labute approximate surface area is 186 Å². The van der Waals surface area contributed by atoms with Gasteiger partial charge in [0.05, 0.1) is 17.8 Å². The Morgan fingerprint density at radius 1 is 1.17 bits per heavy atom. The van der Waals surface area contributed by atoms with E-state index in [0.29, 0.717) is 23.0 Å². The molecule has 2 aromatic heterocycles. The normalized spacial score (nSPS) is 10.7. The van der Waals surface area contributed by atoms with E-state index < -0.39 is 0 Å². The number of anilines is 1. The highest BCUT2D eigenvalue weighted by atomic mass is 79.9. The second-order valence-electron chi connectivity index (χ2n) is 6.52. The molecule has 8 heteroatoms. The Morgan fingerprint density at radius 2 is 2.00 bits per heavy atom. The van der Waals surface area contributed by atoms with E-state index in [1.165, 1.54) is 0 Å². The first-order valence-electron chi connectivity index (χ1n) is 9.10. The number of furan rings is 1. The molecule has 2 heterocycles. The lowest BCUT2D eigenvalue weighted by molar-refractivity contribution is 0.0992. The summed E-state index contributed by atoms with van der Waals surface area (Å²) in [5.41, 5.74) is 1.65. The molecular formula is C22H17BrClN3O3. The molecular weight excluding hydrogens is 470 g/mol. The van der Waals surface area contributed by atoms with Crippen molar-refractivity contribution < 1.29 is 13.9 Å². The second-order valence-corrected chi connectivity index (χ2v) is 7.87. The summed E-state index contributed by atoms with van der Waals surface area (Å²) in [5.74, 6) is 1.17. The van der Waals surface area contributed by atoms with Crippen molar-refractivity contribution in [2.24, 2.45) is 0 Å². The van der Waals surface area contributed by atoms with Crippen LogP contribution in [0.25, 0.3) is 0 Å². The van der Waals surface area contributed by atoms with Crippen LogP contribution in [0.1, 0.15) is 21.9 Å². The smallest absolute Gasteiger partial charge is 0.291 e. The van der Waals surface area contributed by atoms with Crippen LogP contribution in [-0.4, -0.2) is 15.7 Å². The molecule has 0 bridgehead atoms. The van der Waals surface area contributed by atoms with E-state index in [-0.39, 0.29) is 18.3 Å². The Morgan fingerprint density at radius 3 is 2.77 bits per heavy atom. The average molecular weight is 487 g/mol. The van der Waals surface area contributed by atoms with Gasteiger partial charge in [-0.3, -0.25) is 9.48 Å². The van der Waals surface area contributed by atoms with Crippen LogP contribution < -0.4 is 10.1 Å². The minimum absolute atomic E-state index is 0.216. The minimum Gasteiger partial charge on any atom is -0.486 e. The van der Waals surface area contributed by atoms with Gasteiger partial charge in [-0.05, 0) is 54.1 Å². The van der Waals surface area contributed by atoms with Crippen LogP contribution in [0.2, 0.25) is 5.02 Å². The van der Waals surface area contributed by atoms with Crippen molar-refractivity contribution in [3.05, 3.63) is 99.6 Å². The Hall–Kier alpha value is -3.03. The lowest BCUT2D eigenvalue weighted by Gasteiger charge is -2.07. The number of aromatic nitrogens is 2. The van der Waals surface area contributed by atoms with E-state index in [1.54, 1.807) is 29.2 Å². The van der Waals surface area contributed by atoms with Crippen LogP contribution in [-0.2, 0) is 13.2 Å². The van der Waals surface area contributed by atoms with Gasteiger partial charge in [0.2, 0.25) is 0 Å². The molecule has 0 aliphatic carbocycles. The summed E-state index contributed by atoms with van der Waals surface area (Å²) < 4.78 is 14.0. The highest BCUT2D eigenvalue weighted by molar-refractivity contribution is 9.10. The van der Waals surface area contributed by atoms with Crippen LogP contribution >= 0.6 is 27.5 Å². The quantitative estimate of drug-likeness (QED) is 0.360. The second kappa shape index (κ2) is 9.19. The summed E-state index contributed by atoms with van der Waals surface area (Å²) in [5, 5.41) is 7.59. The summed E-state index contributed by atoms with van der Waals surface area (Å²) in [6.45, 7) is 0.783. The van der Waals surface area contributed by atoms with Gasteiger partial charge in [0.25, 0.3) is 5.91 Å². The topological polar surface area (TPSA) is 69.3 Å². The number of hydrogen-bond acceptors (Lipinski definition) is 4. The van der Waals surface area contributed by atoms with Crippen molar-refractivity contribution in [1.82, 2.24) is 9.78 Å². The van der Waals surface area contributed by atoms with Crippen molar-refractivity contribution in [2.45, 2.75) is 13.2 Å². The maximum absolute atomic E-state index is 12.5. The van der Waals surface area contributed by atoms with Crippen molar-refractivity contribution in [1.29, 1.82) is 0 Å². The number of carbonyl (C=O) groups excluding carboxylic acids is 1. The molecule has 2 aromatic carbocycles. The van der Waals surface area contributed by atoms with Crippen molar-refractivity contribution >= 4 is 39.1 Å².